The fraction of sp³-hybridized carbons (Fsp3) is 0.167. The lowest BCUT2D eigenvalue weighted by Gasteiger charge is -2.14. The molecule has 1 heterocycles. The van der Waals surface area contributed by atoms with E-state index in [1.807, 2.05) is 41.1 Å². The summed E-state index contributed by atoms with van der Waals surface area (Å²) in [5, 5.41) is 0.146. The maximum absolute atomic E-state index is 10.7. The average molecular weight is 232 g/mol. The highest BCUT2D eigenvalue weighted by Crippen LogP contribution is 2.28. The summed E-state index contributed by atoms with van der Waals surface area (Å²) in [6, 6.07) is 10.0. The van der Waals surface area contributed by atoms with Crippen LogP contribution in [0.4, 0.5) is 0 Å². The molecule has 0 aliphatic rings. The monoisotopic (exact) mass is 232 g/mol. The minimum absolute atomic E-state index is 0.146. The van der Waals surface area contributed by atoms with Gasteiger partial charge in [0.25, 0.3) is 0 Å². The standard InChI is InChI=1S/C12H12N2OS/c15-10-16-12(8-14-7-6-13-9-14)11-4-2-1-3-5-11/h1-7,9-10,12H,8H2/t12-/m0/s1. The van der Waals surface area contributed by atoms with Crippen LogP contribution in [0.5, 0.6) is 0 Å². The van der Waals surface area contributed by atoms with Crippen LogP contribution in [0, 0.1) is 0 Å². The van der Waals surface area contributed by atoms with Crippen LogP contribution in [0.2, 0.25) is 0 Å². The second kappa shape index (κ2) is 5.51. The number of hydrogen-bond acceptors (Lipinski definition) is 3. The van der Waals surface area contributed by atoms with Gasteiger partial charge in [-0.2, -0.15) is 0 Å². The van der Waals surface area contributed by atoms with Crippen LogP contribution in [-0.4, -0.2) is 15.2 Å². The predicted molar refractivity (Wildman–Crippen MR) is 65.8 cm³/mol. The Morgan fingerprint density at radius 3 is 2.81 bits per heavy atom. The van der Waals surface area contributed by atoms with E-state index in [0.717, 1.165) is 17.7 Å². The second-order valence-corrected chi connectivity index (χ2v) is 4.42. The van der Waals surface area contributed by atoms with Crippen molar-refractivity contribution in [1.29, 1.82) is 0 Å². The van der Waals surface area contributed by atoms with Gasteiger partial charge in [-0.1, -0.05) is 42.1 Å². The Labute approximate surface area is 98.5 Å². The molecule has 2 rings (SSSR count). The van der Waals surface area contributed by atoms with Crippen molar-refractivity contribution in [3.8, 4) is 0 Å². The van der Waals surface area contributed by atoms with Gasteiger partial charge in [0.2, 0.25) is 0 Å². The van der Waals surface area contributed by atoms with E-state index in [4.69, 9.17) is 0 Å². The molecule has 1 aromatic heterocycles. The molecule has 0 fully saturated rings. The highest BCUT2D eigenvalue weighted by Gasteiger charge is 2.11. The Kier molecular flexibility index (Phi) is 3.77. The van der Waals surface area contributed by atoms with Gasteiger partial charge in [0, 0.05) is 18.9 Å². The van der Waals surface area contributed by atoms with E-state index in [1.165, 1.54) is 11.8 Å². The number of aromatic nitrogens is 2. The van der Waals surface area contributed by atoms with Crippen LogP contribution < -0.4 is 0 Å². The van der Waals surface area contributed by atoms with Crippen molar-refractivity contribution < 1.29 is 4.79 Å². The lowest BCUT2D eigenvalue weighted by atomic mass is 10.1. The quantitative estimate of drug-likeness (QED) is 0.743. The van der Waals surface area contributed by atoms with E-state index in [2.05, 4.69) is 4.98 Å². The number of thioether (sulfide) groups is 1. The van der Waals surface area contributed by atoms with Crippen molar-refractivity contribution in [3.63, 3.8) is 0 Å². The third-order valence-corrected chi connectivity index (χ3v) is 3.19. The summed E-state index contributed by atoms with van der Waals surface area (Å²) in [7, 11) is 0. The van der Waals surface area contributed by atoms with Gasteiger partial charge in [-0.05, 0) is 5.56 Å². The molecule has 0 saturated heterocycles. The summed E-state index contributed by atoms with van der Waals surface area (Å²) >= 11 is 1.30. The number of hydrogen-bond donors (Lipinski definition) is 0. The zero-order chi connectivity index (χ0) is 11.2. The van der Waals surface area contributed by atoms with E-state index in [0.29, 0.717) is 0 Å². The third-order valence-electron chi connectivity index (χ3n) is 2.33. The van der Waals surface area contributed by atoms with Crippen LogP contribution in [0.15, 0.2) is 49.1 Å². The molecule has 0 spiro atoms. The molecule has 1 atom stereocenters. The first-order valence-electron chi connectivity index (χ1n) is 5.00. The highest BCUT2D eigenvalue weighted by molar-refractivity contribution is 8.12. The van der Waals surface area contributed by atoms with Gasteiger partial charge in [-0.15, -0.1) is 0 Å². The lowest BCUT2D eigenvalue weighted by Crippen LogP contribution is -2.04. The molecule has 0 aliphatic heterocycles. The minimum Gasteiger partial charge on any atom is -0.336 e. The molecule has 0 amide bonds. The maximum atomic E-state index is 10.7. The van der Waals surface area contributed by atoms with Crippen molar-refractivity contribution in [2.75, 3.05) is 0 Å². The van der Waals surface area contributed by atoms with Crippen LogP contribution in [0.1, 0.15) is 10.8 Å². The van der Waals surface area contributed by atoms with Crippen LogP contribution in [0.25, 0.3) is 0 Å². The number of nitrogens with zero attached hydrogens (tertiary/aromatic N) is 2. The average Bonchev–Trinajstić information content (AvgIpc) is 2.83. The molecule has 3 nitrogen and oxygen atoms in total. The Morgan fingerprint density at radius 2 is 2.19 bits per heavy atom. The number of imidazole rings is 1. The minimum atomic E-state index is 0.146. The number of rotatable bonds is 5. The van der Waals surface area contributed by atoms with Crippen molar-refractivity contribution >= 4 is 17.4 Å². The largest absolute Gasteiger partial charge is 0.336 e. The molecule has 0 radical (unpaired) electrons. The number of carbonyl (C=O) groups is 1. The maximum Gasteiger partial charge on any atom is 0.176 e. The summed E-state index contributed by atoms with van der Waals surface area (Å²) < 4.78 is 1.98. The Balaban J connectivity index is 2.14. The second-order valence-electron chi connectivity index (χ2n) is 3.39. The van der Waals surface area contributed by atoms with Crippen molar-refractivity contribution in [2.24, 2.45) is 0 Å². The molecule has 0 unspecified atom stereocenters. The summed E-state index contributed by atoms with van der Waals surface area (Å²) in [5.74, 6) is 0. The van der Waals surface area contributed by atoms with Crippen molar-refractivity contribution in [2.45, 2.75) is 11.8 Å². The molecule has 0 aliphatic carbocycles. The zero-order valence-corrected chi connectivity index (χ0v) is 9.51. The molecular weight excluding hydrogens is 220 g/mol. The predicted octanol–water partition coefficient (Wildman–Crippen LogP) is 2.55. The number of benzene rings is 1. The fourth-order valence-electron chi connectivity index (χ4n) is 1.55. The van der Waals surface area contributed by atoms with Crippen molar-refractivity contribution in [3.05, 3.63) is 54.6 Å². The molecule has 0 N–H and O–H groups in total. The summed E-state index contributed by atoms with van der Waals surface area (Å²) in [6.45, 7) is 0.757. The van der Waals surface area contributed by atoms with E-state index >= 15 is 0 Å². The first-order valence-corrected chi connectivity index (χ1v) is 5.94. The SMILES string of the molecule is O=CS[C@@H](Cn1ccnc1)c1ccccc1. The molecule has 0 saturated carbocycles. The Bertz CT molecular complexity index is 428. The fourth-order valence-corrected chi connectivity index (χ4v) is 2.25. The van der Waals surface area contributed by atoms with E-state index < -0.39 is 0 Å². The Hall–Kier alpha value is -1.55. The molecule has 4 heteroatoms. The number of carbonyl (C=O) groups excluding carboxylic acids is 1. The normalized spacial score (nSPS) is 12.2. The first kappa shape index (κ1) is 11.0. The van der Waals surface area contributed by atoms with Gasteiger partial charge in [0.15, 0.2) is 5.62 Å². The highest BCUT2D eigenvalue weighted by atomic mass is 32.2. The summed E-state index contributed by atoms with van der Waals surface area (Å²) in [6.07, 6.45) is 5.41. The van der Waals surface area contributed by atoms with Crippen LogP contribution >= 0.6 is 11.8 Å². The van der Waals surface area contributed by atoms with E-state index in [1.54, 1.807) is 12.5 Å². The first-order chi connectivity index (χ1) is 7.90. The lowest BCUT2D eigenvalue weighted by molar-refractivity contribution is 0.569. The van der Waals surface area contributed by atoms with Crippen molar-refractivity contribution in [1.82, 2.24) is 9.55 Å². The third kappa shape index (κ3) is 2.73. The summed E-state index contributed by atoms with van der Waals surface area (Å²) in [4.78, 5) is 14.6. The van der Waals surface area contributed by atoms with Gasteiger partial charge in [0.1, 0.15) is 0 Å². The summed E-state index contributed by atoms with van der Waals surface area (Å²) in [5.41, 5.74) is 2.06. The van der Waals surface area contributed by atoms with Gasteiger partial charge < -0.3 is 4.57 Å². The molecule has 82 valence electrons. The molecular formula is C12H12N2OS. The van der Waals surface area contributed by atoms with E-state index in [9.17, 15) is 4.79 Å². The molecule has 0 bridgehead atoms. The smallest absolute Gasteiger partial charge is 0.176 e. The van der Waals surface area contributed by atoms with Crippen LogP contribution in [0.3, 0.4) is 0 Å². The van der Waals surface area contributed by atoms with Crippen LogP contribution in [-0.2, 0) is 11.3 Å². The molecule has 16 heavy (non-hydrogen) atoms. The molecule has 2 aromatic rings. The topological polar surface area (TPSA) is 34.9 Å². The van der Waals surface area contributed by atoms with E-state index in [-0.39, 0.29) is 5.25 Å². The zero-order valence-electron chi connectivity index (χ0n) is 8.69. The van der Waals surface area contributed by atoms with Gasteiger partial charge in [-0.3, -0.25) is 4.79 Å². The van der Waals surface area contributed by atoms with Gasteiger partial charge >= 0.3 is 0 Å². The van der Waals surface area contributed by atoms with Gasteiger partial charge in [-0.25, -0.2) is 4.98 Å². The van der Waals surface area contributed by atoms with Gasteiger partial charge in [0.05, 0.1) is 11.6 Å². The molecule has 1 aromatic carbocycles. The Morgan fingerprint density at radius 1 is 1.38 bits per heavy atom.